The minimum atomic E-state index is -0.736. The Kier molecular flexibility index (Phi) is 6.56. The summed E-state index contributed by atoms with van der Waals surface area (Å²) in [5, 5.41) is 14.0. The maximum absolute atomic E-state index is 11.5. The van der Waals surface area contributed by atoms with Crippen LogP contribution >= 0.6 is 0 Å². The molecule has 3 heterocycles. The van der Waals surface area contributed by atoms with Gasteiger partial charge in [0.15, 0.2) is 0 Å². The van der Waals surface area contributed by atoms with Crippen molar-refractivity contribution < 1.29 is 9.90 Å². The van der Waals surface area contributed by atoms with Crippen LogP contribution in [0.1, 0.15) is 73.2 Å². The third-order valence-electron chi connectivity index (χ3n) is 7.41. The minimum Gasteiger partial charge on any atom is -0.481 e. The SMILES string of the molecule is O=C(O)CC(CCCCC1CCc2cc3c(nc2C1)NCCC3)c1cnc2ccccc2c1. The number of nitrogens with one attached hydrogen (secondary N) is 1. The number of carboxylic acid groups (broad SMARTS) is 1. The van der Waals surface area contributed by atoms with Gasteiger partial charge in [-0.2, -0.15) is 0 Å². The van der Waals surface area contributed by atoms with Crippen LogP contribution in [0.2, 0.25) is 0 Å². The Bertz CT molecular complexity index is 1140. The van der Waals surface area contributed by atoms with Gasteiger partial charge in [0.2, 0.25) is 0 Å². The summed E-state index contributed by atoms with van der Waals surface area (Å²) >= 11 is 0. The lowest BCUT2D eigenvalue weighted by atomic mass is 9.82. The van der Waals surface area contributed by atoms with Crippen molar-refractivity contribution in [1.82, 2.24) is 9.97 Å². The monoisotopic (exact) mass is 443 g/mol. The third-order valence-corrected chi connectivity index (χ3v) is 7.41. The van der Waals surface area contributed by atoms with E-state index in [9.17, 15) is 9.90 Å². The second kappa shape index (κ2) is 9.90. The van der Waals surface area contributed by atoms with Gasteiger partial charge in [0.25, 0.3) is 0 Å². The lowest BCUT2D eigenvalue weighted by Crippen LogP contribution is -2.20. The Morgan fingerprint density at radius 1 is 1.15 bits per heavy atom. The van der Waals surface area contributed by atoms with Crippen LogP contribution in [0.15, 0.2) is 42.6 Å². The Balaban J connectivity index is 1.17. The van der Waals surface area contributed by atoms with E-state index in [4.69, 9.17) is 4.98 Å². The minimum absolute atomic E-state index is 0.0194. The van der Waals surface area contributed by atoms with E-state index in [2.05, 4.69) is 22.4 Å². The van der Waals surface area contributed by atoms with Gasteiger partial charge in [-0.15, -0.1) is 0 Å². The van der Waals surface area contributed by atoms with Crippen LogP contribution in [0.3, 0.4) is 0 Å². The van der Waals surface area contributed by atoms with Crippen molar-refractivity contribution in [2.24, 2.45) is 5.92 Å². The molecular formula is C28H33N3O2. The number of rotatable bonds is 8. The number of aliphatic carboxylic acids is 1. The fourth-order valence-corrected chi connectivity index (χ4v) is 5.58. The second-order valence-corrected chi connectivity index (χ2v) is 9.78. The maximum atomic E-state index is 11.5. The van der Waals surface area contributed by atoms with Crippen LogP contribution < -0.4 is 5.32 Å². The van der Waals surface area contributed by atoms with E-state index < -0.39 is 5.97 Å². The molecule has 1 aliphatic carbocycles. The van der Waals surface area contributed by atoms with Crippen LogP contribution in [0.4, 0.5) is 5.82 Å². The molecule has 2 N–H and O–H groups in total. The number of pyridine rings is 2. The predicted molar refractivity (Wildman–Crippen MR) is 132 cm³/mol. The molecule has 0 saturated carbocycles. The molecule has 5 nitrogen and oxygen atoms in total. The average molecular weight is 444 g/mol. The molecule has 1 aliphatic heterocycles. The third kappa shape index (κ3) is 5.18. The Hall–Kier alpha value is -2.95. The van der Waals surface area contributed by atoms with Gasteiger partial charge in [0.05, 0.1) is 11.9 Å². The Morgan fingerprint density at radius 2 is 2.06 bits per heavy atom. The van der Waals surface area contributed by atoms with Crippen molar-refractivity contribution in [1.29, 1.82) is 0 Å². The molecule has 3 aromatic rings. The van der Waals surface area contributed by atoms with Crippen LogP contribution in [0.5, 0.6) is 0 Å². The summed E-state index contributed by atoms with van der Waals surface area (Å²) in [5.74, 6) is 1.08. The van der Waals surface area contributed by atoms with Gasteiger partial charge >= 0.3 is 5.97 Å². The first-order valence-electron chi connectivity index (χ1n) is 12.5. The van der Waals surface area contributed by atoms with Crippen molar-refractivity contribution in [3.05, 3.63) is 65.0 Å². The highest BCUT2D eigenvalue weighted by atomic mass is 16.4. The summed E-state index contributed by atoms with van der Waals surface area (Å²) in [6.45, 7) is 1.03. The number of hydrogen-bond acceptors (Lipinski definition) is 4. The largest absolute Gasteiger partial charge is 0.481 e. The van der Waals surface area contributed by atoms with E-state index in [1.807, 2.05) is 30.5 Å². The Labute approximate surface area is 195 Å². The van der Waals surface area contributed by atoms with Crippen molar-refractivity contribution in [3.63, 3.8) is 0 Å². The summed E-state index contributed by atoms with van der Waals surface area (Å²) in [7, 11) is 0. The van der Waals surface area contributed by atoms with Gasteiger partial charge in [-0.1, -0.05) is 43.5 Å². The van der Waals surface area contributed by atoms with Crippen molar-refractivity contribution in [2.45, 2.75) is 70.1 Å². The first kappa shape index (κ1) is 21.9. The molecule has 0 amide bonds. The maximum Gasteiger partial charge on any atom is 0.303 e. The van der Waals surface area contributed by atoms with Crippen molar-refractivity contribution >= 4 is 22.7 Å². The van der Waals surface area contributed by atoms with E-state index in [1.165, 1.54) is 36.1 Å². The number of fused-ring (bicyclic) bond motifs is 3. The fourth-order valence-electron chi connectivity index (χ4n) is 5.58. The molecule has 0 saturated heterocycles. The molecule has 2 atom stereocenters. The average Bonchev–Trinajstić information content (AvgIpc) is 2.84. The van der Waals surface area contributed by atoms with Gasteiger partial charge < -0.3 is 10.4 Å². The zero-order chi connectivity index (χ0) is 22.6. The zero-order valence-electron chi connectivity index (χ0n) is 19.2. The summed E-state index contributed by atoms with van der Waals surface area (Å²) in [6, 6.07) is 12.5. The lowest BCUT2D eigenvalue weighted by Gasteiger charge is -2.27. The van der Waals surface area contributed by atoms with Crippen LogP contribution in [0.25, 0.3) is 10.9 Å². The molecule has 0 bridgehead atoms. The molecule has 1 aromatic carbocycles. The van der Waals surface area contributed by atoms with E-state index >= 15 is 0 Å². The molecule has 5 rings (SSSR count). The smallest absolute Gasteiger partial charge is 0.303 e. The molecule has 0 fully saturated rings. The van der Waals surface area contributed by atoms with E-state index in [0.29, 0.717) is 5.92 Å². The number of anilines is 1. The normalized spacial score (nSPS) is 18.2. The number of nitrogens with zero attached hydrogens (tertiary/aromatic N) is 2. The number of hydrogen-bond donors (Lipinski definition) is 2. The van der Waals surface area contributed by atoms with Crippen LogP contribution in [-0.2, 0) is 24.1 Å². The standard InChI is InChI=1S/C28H33N3O2/c32-27(33)17-20(24-16-21-8-3-4-10-25(21)30-18-24)7-2-1-6-19-11-12-22-15-23-9-5-13-29-28(23)31-26(22)14-19/h3-4,8,10,15-16,18-20H,1-2,5-7,9,11-14,17H2,(H,29,31)(H,32,33). The summed E-state index contributed by atoms with van der Waals surface area (Å²) in [4.78, 5) is 21.0. The first-order valence-corrected chi connectivity index (χ1v) is 12.5. The Morgan fingerprint density at radius 3 is 2.97 bits per heavy atom. The first-order chi connectivity index (χ1) is 16.2. The number of aryl methyl sites for hydroxylation is 2. The molecular weight excluding hydrogens is 410 g/mol. The van der Waals surface area contributed by atoms with Crippen molar-refractivity contribution in [2.75, 3.05) is 11.9 Å². The van der Waals surface area contributed by atoms with Gasteiger partial charge in [0, 0.05) is 23.8 Å². The summed E-state index contributed by atoms with van der Waals surface area (Å²) in [6.07, 6.45) is 12.1. The molecule has 172 valence electrons. The van der Waals surface area contributed by atoms with Gasteiger partial charge in [-0.25, -0.2) is 4.98 Å². The van der Waals surface area contributed by atoms with Gasteiger partial charge in [-0.05, 0) is 79.2 Å². The topological polar surface area (TPSA) is 75.1 Å². The molecule has 2 unspecified atom stereocenters. The van der Waals surface area contributed by atoms with Crippen LogP contribution in [0, 0.1) is 5.92 Å². The number of carboxylic acids is 1. The molecule has 0 spiro atoms. The highest BCUT2D eigenvalue weighted by Crippen LogP contribution is 2.33. The number of benzene rings is 1. The zero-order valence-corrected chi connectivity index (χ0v) is 19.2. The highest BCUT2D eigenvalue weighted by molar-refractivity contribution is 5.79. The quantitative estimate of drug-likeness (QED) is 0.423. The number of aromatic nitrogens is 2. The lowest BCUT2D eigenvalue weighted by molar-refractivity contribution is -0.137. The van der Waals surface area contributed by atoms with E-state index in [-0.39, 0.29) is 12.3 Å². The molecule has 33 heavy (non-hydrogen) atoms. The van der Waals surface area contributed by atoms with E-state index in [0.717, 1.165) is 67.4 Å². The molecule has 2 aromatic heterocycles. The highest BCUT2D eigenvalue weighted by Gasteiger charge is 2.23. The molecule has 2 aliphatic rings. The summed E-state index contributed by atoms with van der Waals surface area (Å²) in [5.41, 5.74) is 6.15. The van der Waals surface area contributed by atoms with Gasteiger partial charge in [-0.3, -0.25) is 9.78 Å². The summed E-state index contributed by atoms with van der Waals surface area (Å²) < 4.78 is 0. The molecule has 0 radical (unpaired) electrons. The number of para-hydroxylation sites is 1. The molecule has 5 heteroatoms. The number of carbonyl (C=O) groups is 1. The van der Waals surface area contributed by atoms with Crippen molar-refractivity contribution in [3.8, 4) is 0 Å². The van der Waals surface area contributed by atoms with Crippen LogP contribution in [-0.4, -0.2) is 27.6 Å². The second-order valence-electron chi connectivity index (χ2n) is 9.78. The predicted octanol–water partition coefficient (Wildman–Crippen LogP) is 5.91. The van der Waals surface area contributed by atoms with Gasteiger partial charge in [0.1, 0.15) is 5.82 Å². The number of unbranched alkanes of at least 4 members (excludes halogenated alkanes) is 1. The fraction of sp³-hybridized carbons (Fsp3) is 0.464. The van der Waals surface area contributed by atoms with E-state index in [1.54, 1.807) is 0 Å².